The first-order chi connectivity index (χ1) is 9.08. The minimum atomic E-state index is -1.21. The molecular weight excluding hydrogens is 245 g/mol. The zero-order valence-corrected chi connectivity index (χ0v) is 11.2. The minimum Gasteiger partial charge on any atom is -0.478 e. The van der Waals surface area contributed by atoms with Crippen LogP contribution in [0.15, 0.2) is 18.2 Å². The van der Waals surface area contributed by atoms with E-state index >= 15 is 0 Å². The Morgan fingerprint density at radius 3 is 2.74 bits per heavy atom. The van der Waals surface area contributed by atoms with Crippen LogP contribution in [0.3, 0.4) is 0 Å². The zero-order valence-electron chi connectivity index (χ0n) is 11.2. The van der Waals surface area contributed by atoms with E-state index in [1.807, 2.05) is 7.05 Å². The van der Waals surface area contributed by atoms with Gasteiger partial charge in [0.25, 0.3) is 0 Å². The number of carboxylic acids is 1. The van der Waals surface area contributed by atoms with Gasteiger partial charge in [-0.1, -0.05) is 25.0 Å². The van der Waals surface area contributed by atoms with Crippen molar-refractivity contribution in [1.82, 2.24) is 4.90 Å². The molecule has 0 aromatic heterocycles. The SMILES string of the molecule is CN(Cc1cccc(C(=O)O)c1F)CC1CCCC1. The highest BCUT2D eigenvalue weighted by Gasteiger charge is 2.19. The zero-order chi connectivity index (χ0) is 13.8. The van der Waals surface area contributed by atoms with Crippen LogP contribution in [0.4, 0.5) is 4.39 Å². The lowest BCUT2D eigenvalue weighted by Gasteiger charge is -2.21. The second kappa shape index (κ2) is 6.15. The van der Waals surface area contributed by atoms with Gasteiger partial charge in [0.2, 0.25) is 0 Å². The van der Waals surface area contributed by atoms with E-state index in [0.29, 0.717) is 18.0 Å². The highest BCUT2D eigenvalue weighted by molar-refractivity contribution is 5.88. The Balaban J connectivity index is 2.01. The molecule has 0 aliphatic heterocycles. The molecule has 1 fully saturated rings. The van der Waals surface area contributed by atoms with Gasteiger partial charge in [0, 0.05) is 18.7 Å². The molecule has 19 heavy (non-hydrogen) atoms. The van der Waals surface area contributed by atoms with Crippen LogP contribution >= 0.6 is 0 Å². The molecule has 1 saturated carbocycles. The van der Waals surface area contributed by atoms with E-state index in [0.717, 1.165) is 6.54 Å². The lowest BCUT2D eigenvalue weighted by molar-refractivity contribution is 0.0691. The topological polar surface area (TPSA) is 40.5 Å². The average Bonchev–Trinajstić information content (AvgIpc) is 2.84. The number of halogens is 1. The number of rotatable bonds is 5. The predicted molar refractivity (Wildman–Crippen MR) is 71.7 cm³/mol. The Hall–Kier alpha value is -1.42. The Kier molecular flexibility index (Phi) is 4.53. The molecular formula is C15H20FNO2. The molecule has 0 saturated heterocycles. The number of hydrogen-bond acceptors (Lipinski definition) is 2. The minimum absolute atomic E-state index is 0.244. The maximum absolute atomic E-state index is 14.0. The molecule has 0 unspecified atom stereocenters. The molecule has 0 amide bonds. The summed E-state index contributed by atoms with van der Waals surface area (Å²) in [7, 11) is 1.96. The number of nitrogens with zero attached hydrogens (tertiary/aromatic N) is 1. The number of hydrogen-bond donors (Lipinski definition) is 1. The van der Waals surface area contributed by atoms with Crippen LogP contribution in [0.1, 0.15) is 41.6 Å². The average molecular weight is 265 g/mol. The predicted octanol–water partition coefficient (Wildman–Crippen LogP) is 3.15. The van der Waals surface area contributed by atoms with Crippen molar-refractivity contribution in [3.63, 3.8) is 0 Å². The van der Waals surface area contributed by atoms with Gasteiger partial charge in [0.1, 0.15) is 5.82 Å². The summed E-state index contributed by atoms with van der Waals surface area (Å²) in [4.78, 5) is 13.0. The Bertz CT molecular complexity index is 455. The summed E-state index contributed by atoms with van der Waals surface area (Å²) in [5, 5.41) is 8.90. The Morgan fingerprint density at radius 2 is 2.11 bits per heavy atom. The lowest BCUT2D eigenvalue weighted by Crippen LogP contribution is -2.24. The third-order valence-electron chi connectivity index (χ3n) is 3.79. The van der Waals surface area contributed by atoms with Crippen LogP contribution in [0.2, 0.25) is 0 Å². The summed E-state index contributed by atoms with van der Waals surface area (Å²) in [6.45, 7) is 1.42. The van der Waals surface area contributed by atoms with Crippen molar-refractivity contribution >= 4 is 5.97 Å². The van der Waals surface area contributed by atoms with E-state index in [4.69, 9.17) is 5.11 Å². The van der Waals surface area contributed by atoms with Crippen molar-refractivity contribution in [3.05, 3.63) is 35.1 Å². The lowest BCUT2D eigenvalue weighted by atomic mass is 10.1. The van der Waals surface area contributed by atoms with Gasteiger partial charge in [-0.2, -0.15) is 0 Å². The van der Waals surface area contributed by atoms with Crippen LogP contribution in [0.5, 0.6) is 0 Å². The first-order valence-electron chi connectivity index (χ1n) is 6.77. The maximum Gasteiger partial charge on any atom is 0.338 e. The van der Waals surface area contributed by atoms with E-state index in [1.54, 1.807) is 12.1 Å². The van der Waals surface area contributed by atoms with E-state index in [1.165, 1.54) is 31.7 Å². The summed E-state index contributed by atoms with van der Waals surface area (Å²) in [6.07, 6.45) is 5.09. The number of carboxylic acid groups (broad SMARTS) is 1. The van der Waals surface area contributed by atoms with Crippen molar-refractivity contribution in [2.75, 3.05) is 13.6 Å². The summed E-state index contributed by atoms with van der Waals surface area (Å²) in [5.74, 6) is -1.11. The molecule has 4 heteroatoms. The smallest absolute Gasteiger partial charge is 0.338 e. The fraction of sp³-hybridized carbons (Fsp3) is 0.533. The van der Waals surface area contributed by atoms with E-state index in [9.17, 15) is 9.18 Å². The van der Waals surface area contributed by atoms with Crippen molar-refractivity contribution < 1.29 is 14.3 Å². The van der Waals surface area contributed by atoms with Crippen molar-refractivity contribution in [3.8, 4) is 0 Å². The second-order valence-corrected chi connectivity index (χ2v) is 5.43. The Labute approximate surface area is 113 Å². The van der Waals surface area contributed by atoms with Crippen LogP contribution in [-0.4, -0.2) is 29.6 Å². The fourth-order valence-corrected chi connectivity index (χ4v) is 2.86. The maximum atomic E-state index is 14.0. The van der Waals surface area contributed by atoms with Gasteiger partial charge in [0.15, 0.2) is 0 Å². The van der Waals surface area contributed by atoms with Gasteiger partial charge >= 0.3 is 5.97 Å². The van der Waals surface area contributed by atoms with Gasteiger partial charge in [0.05, 0.1) is 5.56 Å². The van der Waals surface area contributed by atoms with Gasteiger partial charge in [-0.3, -0.25) is 0 Å². The molecule has 0 heterocycles. The van der Waals surface area contributed by atoms with Crippen molar-refractivity contribution in [2.24, 2.45) is 5.92 Å². The van der Waals surface area contributed by atoms with Gasteiger partial charge in [-0.15, -0.1) is 0 Å². The normalized spacial score (nSPS) is 16.2. The molecule has 3 nitrogen and oxygen atoms in total. The van der Waals surface area contributed by atoms with Gasteiger partial charge < -0.3 is 10.0 Å². The quantitative estimate of drug-likeness (QED) is 0.889. The highest BCUT2D eigenvalue weighted by Crippen LogP contribution is 2.25. The molecule has 1 aliphatic rings. The van der Waals surface area contributed by atoms with Gasteiger partial charge in [-0.05, 0) is 31.9 Å². The van der Waals surface area contributed by atoms with Crippen LogP contribution in [0.25, 0.3) is 0 Å². The standard InChI is InChI=1S/C15H20FNO2/c1-17(9-11-5-2-3-6-11)10-12-7-4-8-13(14(12)16)15(18)19/h4,7-8,11H,2-3,5-6,9-10H2,1H3,(H,18,19). The van der Waals surface area contributed by atoms with Crippen LogP contribution in [0, 0.1) is 11.7 Å². The van der Waals surface area contributed by atoms with E-state index < -0.39 is 11.8 Å². The number of aromatic carboxylic acids is 1. The fourth-order valence-electron chi connectivity index (χ4n) is 2.86. The molecule has 0 atom stereocenters. The molecule has 0 spiro atoms. The largest absolute Gasteiger partial charge is 0.478 e. The summed E-state index contributed by atoms with van der Waals surface area (Å²) >= 11 is 0. The molecule has 0 bridgehead atoms. The summed E-state index contributed by atoms with van der Waals surface area (Å²) in [5.41, 5.74) is 0.215. The van der Waals surface area contributed by atoms with Crippen LogP contribution in [-0.2, 0) is 6.54 Å². The second-order valence-electron chi connectivity index (χ2n) is 5.43. The molecule has 1 N–H and O–H groups in total. The van der Waals surface area contributed by atoms with E-state index in [2.05, 4.69) is 4.90 Å². The number of carbonyl (C=O) groups is 1. The molecule has 1 aliphatic carbocycles. The molecule has 0 radical (unpaired) electrons. The molecule has 1 aromatic rings. The van der Waals surface area contributed by atoms with E-state index in [-0.39, 0.29) is 5.56 Å². The summed E-state index contributed by atoms with van der Waals surface area (Å²) in [6, 6.07) is 4.57. The first-order valence-corrected chi connectivity index (χ1v) is 6.77. The van der Waals surface area contributed by atoms with Crippen molar-refractivity contribution in [1.29, 1.82) is 0 Å². The van der Waals surface area contributed by atoms with Crippen molar-refractivity contribution in [2.45, 2.75) is 32.2 Å². The highest BCUT2D eigenvalue weighted by atomic mass is 19.1. The first kappa shape index (κ1) is 14.0. The monoisotopic (exact) mass is 265 g/mol. The Morgan fingerprint density at radius 1 is 1.42 bits per heavy atom. The van der Waals surface area contributed by atoms with Gasteiger partial charge in [-0.25, -0.2) is 9.18 Å². The molecule has 1 aromatic carbocycles. The molecule has 2 rings (SSSR count). The van der Waals surface area contributed by atoms with Crippen LogP contribution < -0.4 is 0 Å². The third kappa shape index (κ3) is 3.53. The molecule has 104 valence electrons. The third-order valence-corrected chi connectivity index (χ3v) is 3.79. The summed E-state index contributed by atoms with van der Waals surface area (Å²) < 4.78 is 14.0. The number of benzene rings is 1.